The summed E-state index contributed by atoms with van der Waals surface area (Å²) in [5, 5.41) is 8.85. The smallest absolute Gasteiger partial charge is 0.164 e. The predicted octanol–water partition coefficient (Wildman–Crippen LogP) is 1.46. The molecule has 0 saturated carbocycles. The van der Waals surface area contributed by atoms with Crippen molar-refractivity contribution in [3.63, 3.8) is 0 Å². The van der Waals surface area contributed by atoms with Gasteiger partial charge in [-0.1, -0.05) is 6.08 Å². The van der Waals surface area contributed by atoms with Gasteiger partial charge in [0, 0.05) is 6.61 Å². The molecule has 13 heavy (non-hydrogen) atoms. The standard InChI is InChI=1S/C10H18O3/c1-5-10(4)8(6-7-11)12-9(2,3)13-10/h5,8,11H,1,6-7H2,2-4H3. The molecule has 0 aromatic carbocycles. The Balaban J connectivity index is 2.77. The lowest BCUT2D eigenvalue weighted by molar-refractivity contribution is -0.153. The van der Waals surface area contributed by atoms with Gasteiger partial charge >= 0.3 is 0 Å². The number of hydrogen-bond donors (Lipinski definition) is 1. The molecule has 1 saturated heterocycles. The monoisotopic (exact) mass is 186 g/mol. The summed E-state index contributed by atoms with van der Waals surface area (Å²) in [6, 6.07) is 0. The lowest BCUT2D eigenvalue weighted by atomic mass is 9.97. The molecule has 1 aliphatic heterocycles. The van der Waals surface area contributed by atoms with Gasteiger partial charge in [0.05, 0.1) is 6.10 Å². The summed E-state index contributed by atoms with van der Waals surface area (Å²) in [6.07, 6.45) is 2.21. The lowest BCUT2D eigenvalue weighted by Crippen LogP contribution is -2.35. The maximum absolute atomic E-state index is 8.85. The molecule has 2 unspecified atom stereocenters. The zero-order valence-electron chi connectivity index (χ0n) is 8.54. The molecule has 76 valence electrons. The fourth-order valence-electron chi connectivity index (χ4n) is 1.71. The third-order valence-electron chi connectivity index (χ3n) is 2.33. The van der Waals surface area contributed by atoms with E-state index < -0.39 is 11.4 Å². The number of aliphatic hydroxyl groups excluding tert-OH is 1. The number of rotatable bonds is 3. The maximum Gasteiger partial charge on any atom is 0.164 e. The van der Waals surface area contributed by atoms with Crippen molar-refractivity contribution in [3.8, 4) is 0 Å². The van der Waals surface area contributed by atoms with Crippen LogP contribution in [0.5, 0.6) is 0 Å². The Hall–Kier alpha value is -0.380. The minimum atomic E-state index is -0.581. The summed E-state index contributed by atoms with van der Waals surface area (Å²) in [5.74, 6) is -0.581. The fourth-order valence-corrected chi connectivity index (χ4v) is 1.71. The van der Waals surface area contributed by atoms with Crippen LogP contribution in [0.2, 0.25) is 0 Å². The molecule has 1 rings (SSSR count). The van der Waals surface area contributed by atoms with Crippen molar-refractivity contribution >= 4 is 0 Å². The summed E-state index contributed by atoms with van der Waals surface area (Å²) in [6.45, 7) is 9.49. The largest absolute Gasteiger partial charge is 0.396 e. The molecular formula is C10H18O3. The highest BCUT2D eigenvalue weighted by Gasteiger charge is 2.47. The SMILES string of the molecule is C=CC1(C)OC(C)(C)OC1CCO. The van der Waals surface area contributed by atoms with Gasteiger partial charge in [-0.3, -0.25) is 0 Å². The van der Waals surface area contributed by atoms with Crippen LogP contribution in [0.25, 0.3) is 0 Å². The van der Waals surface area contributed by atoms with Gasteiger partial charge in [-0.05, 0) is 27.2 Å². The van der Waals surface area contributed by atoms with Crippen LogP contribution in [0, 0.1) is 0 Å². The Kier molecular flexibility index (Phi) is 2.80. The van der Waals surface area contributed by atoms with Gasteiger partial charge < -0.3 is 14.6 Å². The van der Waals surface area contributed by atoms with Crippen LogP contribution >= 0.6 is 0 Å². The zero-order chi connectivity index (χ0) is 10.1. The summed E-state index contributed by atoms with van der Waals surface area (Å²) >= 11 is 0. The van der Waals surface area contributed by atoms with Crippen LogP contribution in [0.1, 0.15) is 27.2 Å². The van der Waals surface area contributed by atoms with Gasteiger partial charge in [-0.2, -0.15) is 0 Å². The summed E-state index contributed by atoms with van der Waals surface area (Å²) in [4.78, 5) is 0. The second kappa shape index (κ2) is 3.40. The first-order valence-electron chi connectivity index (χ1n) is 4.56. The van der Waals surface area contributed by atoms with Gasteiger partial charge in [-0.25, -0.2) is 0 Å². The molecule has 0 spiro atoms. The van der Waals surface area contributed by atoms with Crippen LogP contribution in [-0.4, -0.2) is 29.2 Å². The first kappa shape index (κ1) is 10.7. The van der Waals surface area contributed by atoms with Gasteiger partial charge in [-0.15, -0.1) is 6.58 Å². The van der Waals surface area contributed by atoms with Crippen molar-refractivity contribution in [2.24, 2.45) is 0 Å². The Morgan fingerprint density at radius 3 is 2.54 bits per heavy atom. The first-order valence-corrected chi connectivity index (χ1v) is 4.56. The molecule has 0 aromatic rings. The van der Waals surface area contributed by atoms with Crippen molar-refractivity contribution in [2.45, 2.75) is 44.7 Å². The van der Waals surface area contributed by atoms with Crippen molar-refractivity contribution < 1.29 is 14.6 Å². The summed E-state index contributed by atoms with van der Waals surface area (Å²) in [7, 11) is 0. The molecule has 1 aliphatic rings. The van der Waals surface area contributed by atoms with Crippen molar-refractivity contribution in [3.05, 3.63) is 12.7 Å². The van der Waals surface area contributed by atoms with E-state index in [0.717, 1.165) is 0 Å². The van der Waals surface area contributed by atoms with E-state index in [2.05, 4.69) is 6.58 Å². The second-order valence-electron chi connectivity index (χ2n) is 4.01. The molecule has 1 heterocycles. The molecule has 3 heteroatoms. The lowest BCUT2D eigenvalue weighted by Gasteiger charge is -2.24. The molecule has 3 nitrogen and oxygen atoms in total. The predicted molar refractivity (Wildman–Crippen MR) is 50.3 cm³/mol. The van der Waals surface area contributed by atoms with Crippen LogP contribution in [0.15, 0.2) is 12.7 Å². The Labute approximate surface area is 79.3 Å². The van der Waals surface area contributed by atoms with Gasteiger partial charge in [0.2, 0.25) is 0 Å². The van der Waals surface area contributed by atoms with E-state index >= 15 is 0 Å². The van der Waals surface area contributed by atoms with E-state index in [1.54, 1.807) is 6.08 Å². The van der Waals surface area contributed by atoms with Gasteiger partial charge in [0.25, 0.3) is 0 Å². The van der Waals surface area contributed by atoms with Gasteiger partial charge in [0.1, 0.15) is 5.60 Å². The summed E-state index contributed by atoms with van der Waals surface area (Å²) in [5.41, 5.74) is -0.480. The van der Waals surface area contributed by atoms with Crippen LogP contribution < -0.4 is 0 Å². The Bertz CT molecular complexity index is 200. The molecule has 0 aliphatic carbocycles. The fraction of sp³-hybridized carbons (Fsp3) is 0.800. The molecule has 0 aromatic heterocycles. The van der Waals surface area contributed by atoms with Crippen LogP contribution in [-0.2, 0) is 9.47 Å². The van der Waals surface area contributed by atoms with Gasteiger partial charge in [0.15, 0.2) is 5.79 Å². The van der Waals surface area contributed by atoms with Crippen molar-refractivity contribution in [1.82, 2.24) is 0 Å². The molecule has 1 N–H and O–H groups in total. The minimum absolute atomic E-state index is 0.105. The molecule has 0 radical (unpaired) electrons. The third kappa shape index (κ3) is 2.10. The average Bonchev–Trinajstić information content (AvgIpc) is 2.24. The van der Waals surface area contributed by atoms with E-state index in [1.165, 1.54) is 0 Å². The number of hydrogen-bond acceptors (Lipinski definition) is 3. The zero-order valence-corrected chi connectivity index (χ0v) is 8.54. The van der Waals surface area contributed by atoms with Crippen molar-refractivity contribution in [1.29, 1.82) is 0 Å². The Morgan fingerprint density at radius 1 is 1.46 bits per heavy atom. The highest BCUT2D eigenvalue weighted by atomic mass is 16.8. The highest BCUT2D eigenvalue weighted by Crippen LogP contribution is 2.38. The quantitative estimate of drug-likeness (QED) is 0.678. The van der Waals surface area contributed by atoms with E-state index in [1.807, 2.05) is 20.8 Å². The normalized spacial score (nSPS) is 37.7. The summed E-state index contributed by atoms with van der Waals surface area (Å²) < 4.78 is 11.3. The highest BCUT2D eigenvalue weighted by molar-refractivity contribution is 5.04. The molecular weight excluding hydrogens is 168 g/mol. The molecule has 2 atom stereocenters. The molecule has 0 amide bonds. The molecule has 1 fully saturated rings. The maximum atomic E-state index is 8.85. The minimum Gasteiger partial charge on any atom is -0.396 e. The van der Waals surface area contributed by atoms with E-state index in [0.29, 0.717) is 6.42 Å². The first-order chi connectivity index (χ1) is 5.93. The average molecular weight is 186 g/mol. The second-order valence-corrected chi connectivity index (χ2v) is 4.01. The van der Waals surface area contributed by atoms with Crippen LogP contribution in [0.3, 0.4) is 0 Å². The van der Waals surface area contributed by atoms with Crippen LogP contribution in [0.4, 0.5) is 0 Å². The molecule has 0 bridgehead atoms. The topological polar surface area (TPSA) is 38.7 Å². The number of aliphatic hydroxyl groups is 1. The van der Waals surface area contributed by atoms with E-state index in [-0.39, 0.29) is 12.7 Å². The number of ether oxygens (including phenoxy) is 2. The van der Waals surface area contributed by atoms with Crippen molar-refractivity contribution in [2.75, 3.05) is 6.61 Å². The van der Waals surface area contributed by atoms with E-state index in [4.69, 9.17) is 14.6 Å². The van der Waals surface area contributed by atoms with E-state index in [9.17, 15) is 0 Å². The Morgan fingerprint density at radius 2 is 2.08 bits per heavy atom. The third-order valence-corrected chi connectivity index (χ3v) is 2.33.